The van der Waals surface area contributed by atoms with Crippen molar-refractivity contribution in [2.75, 3.05) is 15.9 Å². The fourth-order valence-corrected chi connectivity index (χ4v) is 3.73. The molecular weight excluding hydrogens is 367 g/mol. The van der Waals surface area contributed by atoms with E-state index in [0.717, 1.165) is 22.2 Å². The molecule has 2 aromatic carbocycles. The second-order valence-corrected chi connectivity index (χ2v) is 7.93. The Morgan fingerprint density at radius 1 is 1.24 bits per heavy atom. The normalized spacial score (nSPS) is 12.5. The monoisotopic (exact) mass is 384 g/mol. The topological polar surface area (TPSA) is 66.5 Å². The summed E-state index contributed by atoms with van der Waals surface area (Å²) in [5, 5.41) is 3.07. The molecule has 1 amide bonds. The van der Waals surface area contributed by atoms with Gasteiger partial charge in [0.25, 0.3) is 0 Å². The van der Waals surface area contributed by atoms with Gasteiger partial charge < -0.3 is 5.32 Å². The average Bonchev–Trinajstić information content (AvgIpc) is 2.51. The van der Waals surface area contributed by atoms with Crippen molar-refractivity contribution < 1.29 is 17.6 Å². The molecule has 0 fully saturated rings. The maximum atomic E-state index is 14.1. The maximum Gasteiger partial charge on any atom is 0.248 e. The maximum absolute atomic E-state index is 14.1. The van der Waals surface area contributed by atoms with Crippen LogP contribution < -0.4 is 9.62 Å². The van der Waals surface area contributed by atoms with Gasteiger partial charge in [0.15, 0.2) is 0 Å². The third-order valence-corrected chi connectivity index (χ3v) is 5.10. The number of halogens is 2. The van der Waals surface area contributed by atoms with Crippen LogP contribution >= 0.6 is 11.6 Å². The van der Waals surface area contributed by atoms with Crippen LogP contribution in [-0.4, -0.2) is 26.6 Å². The average molecular weight is 385 g/mol. The first-order valence-corrected chi connectivity index (χ1v) is 9.65. The van der Waals surface area contributed by atoms with E-state index < -0.39 is 27.8 Å². The minimum atomic E-state index is -3.89. The van der Waals surface area contributed by atoms with E-state index in [1.165, 1.54) is 25.1 Å². The first-order valence-electron chi connectivity index (χ1n) is 7.42. The Labute approximate surface area is 151 Å². The van der Waals surface area contributed by atoms with Gasteiger partial charge >= 0.3 is 0 Å². The number of carbonyl (C=O) groups is 1. The summed E-state index contributed by atoms with van der Waals surface area (Å²) in [6, 6.07) is 9.21. The summed E-state index contributed by atoms with van der Waals surface area (Å²) in [6.45, 7) is 3.17. The first-order chi connectivity index (χ1) is 11.6. The Morgan fingerprint density at radius 3 is 2.48 bits per heavy atom. The number of benzene rings is 2. The lowest BCUT2D eigenvalue weighted by atomic mass is 10.2. The van der Waals surface area contributed by atoms with E-state index >= 15 is 0 Å². The second-order valence-electron chi connectivity index (χ2n) is 5.63. The summed E-state index contributed by atoms with van der Waals surface area (Å²) in [5.74, 6) is -1.33. The number of nitrogens with zero attached hydrogens (tertiary/aromatic N) is 1. The lowest BCUT2D eigenvalue weighted by molar-refractivity contribution is -0.116. The summed E-state index contributed by atoms with van der Waals surface area (Å²) >= 11 is 5.92. The molecule has 1 atom stereocenters. The molecule has 2 aromatic rings. The standard InChI is InChI=1S/C17H18ClFN2O3S/c1-11-8-9-13(18)10-15(11)20-17(22)12(2)21(25(3,23)24)16-7-5-4-6-14(16)19/h4-10,12H,1-3H3,(H,20,22)/t12-/m1/s1. The number of anilines is 2. The highest BCUT2D eigenvalue weighted by atomic mass is 35.5. The van der Waals surface area contributed by atoms with Crippen molar-refractivity contribution in [3.63, 3.8) is 0 Å². The molecule has 2 rings (SSSR count). The zero-order valence-corrected chi connectivity index (χ0v) is 15.5. The highest BCUT2D eigenvalue weighted by Crippen LogP contribution is 2.25. The number of hydrogen-bond acceptors (Lipinski definition) is 3. The molecular formula is C17H18ClFN2O3S. The molecule has 0 aliphatic heterocycles. The van der Waals surface area contributed by atoms with Crippen molar-refractivity contribution in [2.45, 2.75) is 19.9 Å². The minimum absolute atomic E-state index is 0.185. The second kappa shape index (κ2) is 7.41. The van der Waals surface area contributed by atoms with Gasteiger partial charge in [-0.25, -0.2) is 12.8 Å². The van der Waals surface area contributed by atoms with Gasteiger partial charge in [-0.05, 0) is 43.7 Å². The van der Waals surface area contributed by atoms with Gasteiger partial charge in [-0.3, -0.25) is 9.10 Å². The van der Waals surface area contributed by atoms with Gasteiger partial charge in [-0.1, -0.05) is 29.8 Å². The quantitative estimate of drug-likeness (QED) is 0.856. The SMILES string of the molecule is Cc1ccc(Cl)cc1NC(=O)[C@@H](C)N(c1ccccc1F)S(C)(=O)=O. The van der Waals surface area contributed by atoms with Crippen molar-refractivity contribution in [1.82, 2.24) is 0 Å². The fourth-order valence-electron chi connectivity index (χ4n) is 2.38. The van der Waals surface area contributed by atoms with Crippen LogP contribution in [0, 0.1) is 12.7 Å². The number of para-hydroxylation sites is 1. The Morgan fingerprint density at radius 2 is 1.88 bits per heavy atom. The fraction of sp³-hybridized carbons (Fsp3) is 0.235. The lowest BCUT2D eigenvalue weighted by Gasteiger charge is -2.28. The molecule has 5 nitrogen and oxygen atoms in total. The molecule has 8 heteroatoms. The van der Waals surface area contributed by atoms with Crippen LogP contribution in [0.2, 0.25) is 5.02 Å². The first kappa shape index (κ1) is 19.2. The predicted octanol–water partition coefficient (Wildman–Crippen LogP) is 3.58. The van der Waals surface area contributed by atoms with Crippen LogP contribution in [0.25, 0.3) is 0 Å². The summed E-state index contributed by atoms with van der Waals surface area (Å²) in [4.78, 5) is 12.6. The number of nitrogens with one attached hydrogen (secondary N) is 1. The molecule has 0 spiro atoms. The molecule has 134 valence electrons. The predicted molar refractivity (Wildman–Crippen MR) is 98.0 cm³/mol. The number of aryl methyl sites for hydroxylation is 1. The van der Waals surface area contributed by atoms with Gasteiger partial charge in [-0.2, -0.15) is 0 Å². The smallest absolute Gasteiger partial charge is 0.248 e. The number of amides is 1. The van der Waals surface area contributed by atoms with Gasteiger partial charge in [0.05, 0.1) is 11.9 Å². The van der Waals surface area contributed by atoms with Gasteiger partial charge in [0, 0.05) is 10.7 Å². The highest BCUT2D eigenvalue weighted by molar-refractivity contribution is 7.92. The molecule has 0 aliphatic rings. The van der Waals surface area contributed by atoms with Crippen LogP contribution in [0.4, 0.5) is 15.8 Å². The highest BCUT2D eigenvalue weighted by Gasteiger charge is 2.31. The molecule has 0 aliphatic carbocycles. The Kier molecular flexibility index (Phi) is 5.69. The Bertz CT molecular complexity index is 903. The van der Waals surface area contributed by atoms with E-state index in [9.17, 15) is 17.6 Å². The van der Waals surface area contributed by atoms with Gasteiger partial charge in [-0.15, -0.1) is 0 Å². The van der Waals surface area contributed by atoms with Crippen molar-refractivity contribution >= 4 is 38.9 Å². The zero-order chi connectivity index (χ0) is 18.8. The van der Waals surface area contributed by atoms with E-state index in [2.05, 4.69) is 5.32 Å². The molecule has 0 saturated carbocycles. The van der Waals surface area contributed by atoms with Crippen molar-refractivity contribution in [3.05, 3.63) is 58.9 Å². The van der Waals surface area contributed by atoms with Crippen molar-refractivity contribution in [2.24, 2.45) is 0 Å². The summed E-state index contributed by atoms with van der Waals surface area (Å²) in [5.41, 5.74) is 1.04. The molecule has 0 radical (unpaired) electrons. The molecule has 0 bridgehead atoms. The van der Waals surface area contributed by atoms with Crippen molar-refractivity contribution in [1.29, 1.82) is 0 Å². The Balaban J connectivity index is 2.37. The van der Waals surface area contributed by atoms with E-state index in [4.69, 9.17) is 11.6 Å². The molecule has 0 heterocycles. The van der Waals surface area contributed by atoms with Gasteiger partial charge in [0.2, 0.25) is 15.9 Å². The third kappa shape index (κ3) is 4.49. The molecule has 1 N–H and O–H groups in total. The summed E-state index contributed by atoms with van der Waals surface area (Å²) < 4.78 is 39.2. The van der Waals surface area contributed by atoms with E-state index in [-0.39, 0.29) is 5.69 Å². The number of rotatable bonds is 5. The zero-order valence-electron chi connectivity index (χ0n) is 14.0. The van der Waals surface area contributed by atoms with Crippen LogP contribution in [0.3, 0.4) is 0 Å². The Hall–Kier alpha value is -2.12. The molecule has 0 saturated heterocycles. The summed E-state index contributed by atoms with van der Waals surface area (Å²) in [6.07, 6.45) is 0.924. The van der Waals surface area contributed by atoms with E-state index in [1.54, 1.807) is 25.1 Å². The van der Waals surface area contributed by atoms with Crippen LogP contribution in [0.15, 0.2) is 42.5 Å². The number of sulfonamides is 1. The largest absolute Gasteiger partial charge is 0.324 e. The number of carbonyl (C=O) groups excluding carboxylic acids is 1. The minimum Gasteiger partial charge on any atom is -0.324 e. The molecule has 25 heavy (non-hydrogen) atoms. The molecule has 0 unspecified atom stereocenters. The van der Waals surface area contributed by atoms with Crippen LogP contribution in [0.1, 0.15) is 12.5 Å². The van der Waals surface area contributed by atoms with Crippen LogP contribution in [-0.2, 0) is 14.8 Å². The third-order valence-electron chi connectivity index (χ3n) is 3.64. The van der Waals surface area contributed by atoms with E-state index in [0.29, 0.717) is 10.7 Å². The van der Waals surface area contributed by atoms with Crippen molar-refractivity contribution in [3.8, 4) is 0 Å². The van der Waals surface area contributed by atoms with E-state index in [1.807, 2.05) is 0 Å². The lowest BCUT2D eigenvalue weighted by Crippen LogP contribution is -2.45. The summed E-state index contributed by atoms with van der Waals surface area (Å²) in [7, 11) is -3.89. The van der Waals surface area contributed by atoms with Gasteiger partial charge in [0.1, 0.15) is 11.9 Å². The number of hydrogen-bond donors (Lipinski definition) is 1. The molecule has 0 aromatic heterocycles. The van der Waals surface area contributed by atoms with Crippen LogP contribution in [0.5, 0.6) is 0 Å².